The van der Waals surface area contributed by atoms with E-state index in [1.54, 1.807) is 48.6 Å². The smallest absolute Gasteiger partial charge is 0.339 e. The molecule has 0 bridgehead atoms. The van der Waals surface area contributed by atoms with Crippen LogP contribution in [0.3, 0.4) is 0 Å². The lowest BCUT2D eigenvalue weighted by Crippen LogP contribution is -2.09. The van der Waals surface area contributed by atoms with E-state index in [4.69, 9.17) is 4.18 Å². The molecule has 0 aliphatic rings. The molecule has 0 radical (unpaired) electrons. The van der Waals surface area contributed by atoms with Crippen LogP contribution in [-0.4, -0.2) is 8.42 Å². The summed E-state index contributed by atoms with van der Waals surface area (Å²) in [5, 5.41) is 0. The van der Waals surface area contributed by atoms with E-state index in [0.29, 0.717) is 0 Å². The summed E-state index contributed by atoms with van der Waals surface area (Å²) in [6.45, 7) is 7.25. The summed E-state index contributed by atoms with van der Waals surface area (Å²) >= 11 is 0. The first-order chi connectivity index (χ1) is 9.55. The second-order valence-electron chi connectivity index (χ2n) is 4.08. The third kappa shape index (κ3) is 3.16. The van der Waals surface area contributed by atoms with Crippen LogP contribution in [0, 0.1) is 0 Å². The molecule has 0 unspecified atom stereocenters. The Morgan fingerprint density at radius 2 is 1.25 bits per heavy atom. The summed E-state index contributed by atoms with van der Waals surface area (Å²) in [7, 11) is -3.82. The van der Waals surface area contributed by atoms with Crippen LogP contribution in [0.25, 0.3) is 12.2 Å². The molecule has 0 aromatic heterocycles. The second kappa shape index (κ2) is 5.75. The number of benzene rings is 2. The minimum Gasteiger partial charge on any atom is -0.379 e. The highest BCUT2D eigenvalue weighted by Gasteiger charge is 2.16. The second-order valence-corrected chi connectivity index (χ2v) is 5.63. The van der Waals surface area contributed by atoms with Crippen molar-refractivity contribution in [1.82, 2.24) is 0 Å². The Balaban J connectivity index is 2.24. The zero-order valence-electron chi connectivity index (χ0n) is 10.8. The maximum absolute atomic E-state index is 12.1. The van der Waals surface area contributed by atoms with Crippen LogP contribution in [0.15, 0.2) is 66.6 Å². The highest BCUT2D eigenvalue weighted by Crippen LogP contribution is 2.20. The normalized spacial score (nSPS) is 10.8. The van der Waals surface area contributed by atoms with Gasteiger partial charge in [-0.15, -0.1) is 0 Å². The molecule has 0 fully saturated rings. The van der Waals surface area contributed by atoms with Crippen molar-refractivity contribution in [2.75, 3.05) is 0 Å². The molecule has 4 heteroatoms. The molecule has 2 rings (SSSR count). The van der Waals surface area contributed by atoms with Gasteiger partial charge in [0.2, 0.25) is 0 Å². The fourth-order valence-electron chi connectivity index (χ4n) is 1.60. The summed E-state index contributed by atoms with van der Waals surface area (Å²) in [6, 6.07) is 13.0. The molecule has 0 N–H and O–H groups in total. The van der Waals surface area contributed by atoms with Crippen molar-refractivity contribution in [3.8, 4) is 5.75 Å². The van der Waals surface area contributed by atoms with Crippen LogP contribution >= 0.6 is 0 Å². The van der Waals surface area contributed by atoms with Gasteiger partial charge in [0.05, 0.1) is 0 Å². The molecule has 0 aliphatic heterocycles. The Bertz CT molecular complexity index is 711. The van der Waals surface area contributed by atoms with Gasteiger partial charge < -0.3 is 4.18 Å². The zero-order chi connectivity index (χ0) is 14.6. The maximum atomic E-state index is 12.1. The van der Waals surface area contributed by atoms with E-state index in [2.05, 4.69) is 13.2 Å². The molecule has 0 amide bonds. The molecule has 0 saturated carbocycles. The molecule has 0 aliphatic carbocycles. The standard InChI is InChI=1S/C16H14O3S/c1-3-13-5-9-15(10-6-13)19-20(17,18)16-11-7-14(4-2)8-12-16/h3-12H,1-2H2. The topological polar surface area (TPSA) is 43.4 Å². The van der Waals surface area contributed by atoms with E-state index < -0.39 is 10.1 Å². The molecular formula is C16H14O3S. The lowest BCUT2D eigenvalue weighted by Gasteiger charge is -2.07. The Kier molecular flexibility index (Phi) is 4.05. The maximum Gasteiger partial charge on any atom is 0.339 e. The average Bonchev–Trinajstić information content (AvgIpc) is 2.48. The first-order valence-corrected chi connectivity index (χ1v) is 7.35. The monoisotopic (exact) mass is 286 g/mol. The summed E-state index contributed by atoms with van der Waals surface area (Å²) in [6.07, 6.45) is 3.32. The Morgan fingerprint density at radius 1 is 0.800 bits per heavy atom. The molecule has 2 aromatic carbocycles. The van der Waals surface area contributed by atoms with Crippen LogP contribution in [0.1, 0.15) is 11.1 Å². The predicted octanol–water partition coefficient (Wildman–Crippen LogP) is 3.74. The van der Waals surface area contributed by atoms with Crippen molar-refractivity contribution in [2.24, 2.45) is 0 Å². The first kappa shape index (κ1) is 14.1. The van der Waals surface area contributed by atoms with Gasteiger partial charge >= 0.3 is 10.1 Å². The van der Waals surface area contributed by atoms with Gasteiger partial charge in [-0.3, -0.25) is 0 Å². The average molecular weight is 286 g/mol. The van der Waals surface area contributed by atoms with Crippen molar-refractivity contribution >= 4 is 22.3 Å². The first-order valence-electron chi connectivity index (χ1n) is 5.94. The molecule has 0 spiro atoms. The highest BCUT2D eigenvalue weighted by atomic mass is 32.2. The van der Waals surface area contributed by atoms with Gasteiger partial charge in [-0.2, -0.15) is 8.42 Å². The van der Waals surface area contributed by atoms with E-state index >= 15 is 0 Å². The summed E-state index contributed by atoms with van der Waals surface area (Å²) < 4.78 is 29.2. The highest BCUT2D eigenvalue weighted by molar-refractivity contribution is 7.87. The molecule has 2 aromatic rings. The third-order valence-electron chi connectivity index (χ3n) is 2.73. The number of hydrogen-bond acceptors (Lipinski definition) is 3. The predicted molar refractivity (Wildman–Crippen MR) is 80.9 cm³/mol. The summed E-state index contributed by atoms with van der Waals surface area (Å²) in [5.41, 5.74) is 1.74. The van der Waals surface area contributed by atoms with Crippen LogP contribution < -0.4 is 4.18 Å². The van der Waals surface area contributed by atoms with Gasteiger partial charge in [0.1, 0.15) is 10.6 Å². The van der Waals surface area contributed by atoms with Crippen LogP contribution in [0.4, 0.5) is 0 Å². The van der Waals surface area contributed by atoms with Crippen molar-refractivity contribution in [2.45, 2.75) is 4.90 Å². The molecule has 102 valence electrons. The third-order valence-corrected chi connectivity index (χ3v) is 3.99. The molecule has 0 saturated heterocycles. The van der Waals surface area contributed by atoms with E-state index in [1.165, 1.54) is 12.1 Å². The van der Waals surface area contributed by atoms with Crippen LogP contribution in [0.2, 0.25) is 0 Å². The molecule has 3 nitrogen and oxygen atoms in total. The fraction of sp³-hybridized carbons (Fsp3) is 0. The lowest BCUT2D eigenvalue weighted by molar-refractivity contribution is 0.486. The van der Waals surface area contributed by atoms with Crippen molar-refractivity contribution in [3.05, 3.63) is 72.8 Å². The largest absolute Gasteiger partial charge is 0.379 e. The van der Waals surface area contributed by atoms with Crippen LogP contribution in [0.5, 0.6) is 5.75 Å². The Labute approximate surface area is 119 Å². The van der Waals surface area contributed by atoms with Crippen molar-refractivity contribution in [1.29, 1.82) is 0 Å². The summed E-state index contributed by atoms with van der Waals surface area (Å²) in [5.74, 6) is 0.267. The van der Waals surface area contributed by atoms with E-state index in [0.717, 1.165) is 11.1 Å². The van der Waals surface area contributed by atoms with E-state index in [9.17, 15) is 8.42 Å². The molecule has 0 atom stereocenters. The van der Waals surface area contributed by atoms with Gasteiger partial charge in [0.25, 0.3) is 0 Å². The van der Waals surface area contributed by atoms with Crippen molar-refractivity contribution in [3.63, 3.8) is 0 Å². The Morgan fingerprint density at radius 3 is 1.70 bits per heavy atom. The fourth-order valence-corrected chi connectivity index (χ4v) is 2.53. The number of rotatable bonds is 5. The van der Waals surface area contributed by atoms with Gasteiger partial charge in [0, 0.05) is 0 Å². The quantitative estimate of drug-likeness (QED) is 0.786. The van der Waals surface area contributed by atoms with Crippen molar-refractivity contribution < 1.29 is 12.6 Å². The minimum absolute atomic E-state index is 0.107. The van der Waals surface area contributed by atoms with E-state index in [1.807, 2.05) is 0 Å². The van der Waals surface area contributed by atoms with Gasteiger partial charge in [-0.25, -0.2) is 0 Å². The lowest BCUT2D eigenvalue weighted by atomic mass is 10.2. The molecule has 20 heavy (non-hydrogen) atoms. The molecule has 0 heterocycles. The summed E-state index contributed by atoms with van der Waals surface area (Å²) in [4.78, 5) is 0.107. The zero-order valence-corrected chi connectivity index (χ0v) is 11.6. The SMILES string of the molecule is C=Cc1ccc(OS(=O)(=O)c2ccc(C=C)cc2)cc1. The van der Waals surface area contributed by atoms with E-state index in [-0.39, 0.29) is 10.6 Å². The van der Waals surface area contributed by atoms with Gasteiger partial charge in [-0.05, 0) is 35.4 Å². The minimum atomic E-state index is -3.82. The Hall–Kier alpha value is -2.33. The van der Waals surface area contributed by atoms with Gasteiger partial charge in [0.15, 0.2) is 0 Å². The van der Waals surface area contributed by atoms with Gasteiger partial charge in [-0.1, -0.05) is 49.6 Å². The van der Waals surface area contributed by atoms with Crippen LogP contribution in [-0.2, 0) is 10.1 Å². The molecular weight excluding hydrogens is 272 g/mol. The number of hydrogen-bond donors (Lipinski definition) is 0.